The second kappa shape index (κ2) is 7.94. The highest BCUT2D eigenvalue weighted by Crippen LogP contribution is 2.28. The Morgan fingerprint density at radius 3 is 2.92 bits per heavy atom. The van der Waals surface area contributed by atoms with Gasteiger partial charge in [0, 0.05) is 18.3 Å². The predicted octanol–water partition coefficient (Wildman–Crippen LogP) is 3.91. The molecule has 0 saturated carbocycles. The first-order valence-electron chi connectivity index (χ1n) is 7.90. The maximum absolute atomic E-state index is 12.9. The summed E-state index contributed by atoms with van der Waals surface area (Å²) in [5.41, 5.74) is 0.752. The molecule has 1 fully saturated rings. The Bertz CT molecular complexity index is 692. The third kappa shape index (κ3) is 4.45. The van der Waals surface area contributed by atoms with Crippen LogP contribution in [0.1, 0.15) is 26.2 Å². The second-order valence-electron chi connectivity index (χ2n) is 5.73. The molecule has 2 heterocycles. The number of halogens is 1. The number of thioether (sulfide) groups is 1. The van der Waals surface area contributed by atoms with Gasteiger partial charge in [0.05, 0.1) is 5.75 Å². The Balaban J connectivity index is 1.52. The van der Waals surface area contributed by atoms with Crippen molar-refractivity contribution in [3.05, 3.63) is 30.1 Å². The van der Waals surface area contributed by atoms with Crippen molar-refractivity contribution < 1.29 is 9.18 Å². The van der Waals surface area contributed by atoms with E-state index in [0.717, 1.165) is 29.4 Å². The zero-order chi connectivity index (χ0) is 16.9. The number of carbonyl (C=O) groups excluding carboxylic acids is 1. The van der Waals surface area contributed by atoms with Crippen LogP contribution in [0.25, 0.3) is 0 Å². The van der Waals surface area contributed by atoms with E-state index in [4.69, 9.17) is 0 Å². The average molecular weight is 366 g/mol. The summed E-state index contributed by atoms with van der Waals surface area (Å²) in [5, 5.41) is 11.9. The highest BCUT2D eigenvalue weighted by Gasteiger charge is 2.23. The van der Waals surface area contributed by atoms with Crippen molar-refractivity contribution in [2.45, 2.75) is 36.6 Å². The second-order valence-corrected chi connectivity index (χ2v) is 7.93. The number of aromatic nitrogens is 2. The lowest BCUT2D eigenvalue weighted by Gasteiger charge is -2.33. The molecule has 1 atom stereocenters. The SMILES string of the molecule is CC1CCCCN1C(=O)CSc1nnc(Nc2ccc(F)cc2)s1. The van der Waals surface area contributed by atoms with Gasteiger partial charge in [-0.05, 0) is 50.5 Å². The van der Waals surface area contributed by atoms with Crippen molar-refractivity contribution in [3.63, 3.8) is 0 Å². The number of anilines is 2. The minimum atomic E-state index is -0.278. The van der Waals surface area contributed by atoms with Gasteiger partial charge in [-0.2, -0.15) is 0 Å². The monoisotopic (exact) mass is 366 g/mol. The minimum Gasteiger partial charge on any atom is -0.339 e. The summed E-state index contributed by atoms with van der Waals surface area (Å²) in [7, 11) is 0. The molecule has 1 amide bonds. The molecule has 2 aromatic rings. The topological polar surface area (TPSA) is 58.1 Å². The molecule has 8 heteroatoms. The summed E-state index contributed by atoms with van der Waals surface area (Å²) in [6.45, 7) is 2.96. The molecular weight excluding hydrogens is 347 g/mol. The van der Waals surface area contributed by atoms with Crippen LogP contribution in [0.3, 0.4) is 0 Å². The highest BCUT2D eigenvalue weighted by atomic mass is 32.2. The zero-order valence-electron chi connectivity index (χ0n) is 13.4. The molecular formula is C16H19FN4OS2. The molecule has 0 spiro atoms. The fraction of sp³-hybridized carbons (Fsp3) is 0.438. The van der Waals surface area contributed by atoms with E-state index < -0.39 is 0 Å². The van der Waals surface area contributed by atoms with Crippen LogP contribution in [0, 0.1) is 5.82 Å². The normalized spacial score (nSPS) is 17.8. The first kappa shape index (κ1) is 17.2. The molecule has 1 saturated heterocycles. The van der Waals surface area contributed by atoms with Gasteiger partial charge in [-0.25, -0.2) is 4.39 Å². The lowest BCUT2D eigenvalue weighted by Crippen LogP contribution is -2.42. The third-order valence-corrected chi connectivity index (χ3v) is 5.90. The van der Waals surface area contributed by atoms with Crippen LogP contribution in [0.4, 0.5) is 15.2 Å². The number of likely N-dealkylation sites (tertiary alicyclic amines) is 1. The number of hydrogen-bond acceptors (Lipinski definition) is 6. The largest absolute Gasteiger partial charge is 0.339 e. The van der Waals surface area contributed by atoms with Crippen LogP contribution in [0.15, 0.2) is 28.6 Å². The molecule has 1 N–H and O–H groups in total. The van der Waals surface area contributed by atoms with Gasteiger partial charge in [-0.3, -0.25) is 4.79 Å². The van der Waals surface area contributed by atoms with Gasteiger partial charge in [0.1, 0.15) is 5.82 Å². The number of amides is 1. The molecule has 1 aliphatic rings. The summed E-state index contributed by atoms with van der Waals surface area (Å²) >= 11 is 2.80. The Labute approximate surface area is 148 Å². The number of carbonyl (C=O) groups is 1. The minimum absolute atomic E-state index is 0.162. The van der Waals surface area contributed by atoms with Crippen molar-refractivity contribution in [3.8, 4) is 0 Å². The average Bonchev–Trinajstić information content (AvgIpc) is 3.03. The maximum Gasteiger partial charge on any atom is 0.233 e. The van der Waals surface area contributed by atoms with Crippen LogP contribution in [-0.4, -0.2) is 39.3 Å². The summed E-state index contributed by atoms with van der Waals surface area (Å²) in [4.78, 5) is 14.3. The Morgan fingerprint density at radius 1 is 1.38 bits per heavy atom. The highest BCUT2D eigenvalue weighted by molar-refractivity contribution is 8.01. The van der Waals surface area contributed by atoms with E-state index >= 15 is 0 Å². The Morgan fingerprint density at radius 2 is 2.17 bits per heavy atom. The fourth-order valence-electron chi connectivity index (χ4n) is 2.65. The van der Waals surface area contributed by atoms with Gasteiger partial charge < -0.3 is 10.2 Å². The van der Waals surface area contributed by atoms with E-state index in [1.54, 1.807) is 12.1 Å². The van der Waals surface area contributed by atoms with E-state index in [0.29, 0.717) is 16.9 Å². The van der Waals surface area contributed by atoms with Crippen LogP contribution in [0.5, 0.6) is 0 Å². The van der Waals surface area contributed by atoms with Gasteiger partial charge in [0.2, 0.25) is 11.0 Å². The summed E-state index contributed by atoms with van der Waals surface area (Å²) in [5.74, 6) is 0.269. The molecule has 0 bridgehead atoms. The van der Waals surface area contributed by atoms with Crippen molar-refractivity contribution in [1.29, 1.82) is 0 Å². The van der Waals surface area contributed by atoms with E-state index in [9.17, 15) is 9.18 Å². The number of rotatable bonds is 5. The number of hydrogen-bond donors (Lipinski definition) is 1. The van der Waals surface area contributed by atoms with Gasteiger partial charge in [0.15, 0.2) is 4.34 Å². The molecule has 3 rings (SSSR count). The molecule has 1 aromatic carbocycles. The molecule has 0 aliphatic carbocycles. The molecule has 128 valence electrons. The van der Waals surface area contributed by atoms with Crippen molar-refractivity contribution in [2.24, 2.45) is 0 Å². The maximum atomic E-state index is 12.9. The summed E-state index contributed by atoms with van der Waals surface area (Å²) in [6.07, 6.45) is 3.37. The van der Waals surface area contributed by atoms with Crippen LogP contribution < -0.4 is 5.32 Å². The van der Waals surface area contributed by atoms with Crippen molar-refractivity contribution in [2.75, 3.05) is 17.6 Å². The molecule has 1 aromatic heterocycles. The Kier molecular flexibility index (Phi) is 5.68. The van der Waals surface area contributed by atoms with Gasteiger partial charge in [-0.15, -0.1) is 10.2 Å². The van der Waals surface area contributed by atoms with Crippen LogP contribution in [-0.2, 0) is 4.79 Å². The third-order valence-electron chi connectivity index (χ3n) is 3.94. The van der Waals surface area contributed by atoms with Gasteiger partial charge >= 0.3 is 0 Å². The predicted molar refractivity (Wildman–Crippen MR) is 95.3 cm³/mol. The molecule has 5 nitrogen and oxygen atoms in total. The summed E-state index contributed by atoms with van der Waals surface area (Å²) < 4.78 is 13.6. The number of benzene rings is 1. The van der Waals surface area contributed by atoms with Crippen molar-refractivity contribution >= 4 is 39.8 Å². The van der Waals surface area contributed by atoms with Gasteiger partial charge in [-0.1, -0.05) is 23.1 Å². The molecule has 1 aliphatic heterocycles. The lowest BCUT2D eigenvalue weighted by atomic mass is 10.0. The molecule has 0 radical (unpaired) electrons. The van der Waals surface area contributed by atoms with Gasteiger partial charge in [0.25, 0.3) is 0 Å². The number of piperidine rings is 1. The van der Waals surface area contributed by atoms with E-state index in [2.05, 4.69) is 22.4 Å². The van der Waals surface area contributed by atoms with E-state index in [-0.39, 0.29) is 11.7 Å². The van der Waals surface area contributed by atoms with E-state index in [1.807, 2.05) is 4.90 Å². The molecule has 24 heavy (non-hydrogen) atoms. The van der Waals surface area contributed by atoms with Crippen LogP contribution in [0.2, 0.25) is 0 Å². The molecule has 1 unspecified atom stereocenters. The standard InChI is InChI=1S/C16H19FN4OS2/c1-11-4-2-3-9-21(11)14(22)10-23-16-20-19-15(24-16)18-13-7-5-12(17)6-8-13/h5-8,11H,2-4,9-10H2,1H3,(H,18,19). The van der Waals surface area contributed by atoms with Crippen molar-refractivity contribution in [1.82, 2.24) is 15.1 Å². The Hall–Kier alpha value is -1.67. The number of nitrogens with one attached hydrogen (secondary N) is 1. The zero-order valence-corrected chi connectivity index (χ0v) is 15.0. The summed E-state index contributed by atoms with van der Waals surface area (Å²) in [6, 6.07) is 6.39. The lowest BCUT2D eigenvalue weighted by molar-refractivity contribution is -0.131. The first-order chi connectivity index (χ1) is 11.6. The van der Waals surface area contributed by atoms with E-state index in [1.165, 1.54) is 41.7 Å². The quantitative estimate of drug-likeness (QED) is 0.813. The smallest absolute Gasteiger partial charge is 0.233 e. The number of nitrogens with zero attached hydrogens (tertiary/aromatic N) is 3. The van der Waals surface area contributed by atoms with Crippen LogP contribution >= 0.6 is 23.1 Å². The first-order valence-corrected chi connectivity index (χ1v) is 9.70. The fourth-order valence-corrected chi connectivity index (χ4v) is 4.31.